The first-order chi connectivity index (χ1) is 11.7. The third-order valence-electron chi connectivity index (χ3n) is 4.05. The highest BCUT2D eigenvalue weighted by molar-refractivity contribution is 5.74. The molecule has 119 valence electrons. The molecule has 3 aromatic carbocycles. The van der Waals surface area contributed by atoms with Crippen LogP contribution < -0.4 is 0 Å². The molecule has 3 aromatic rings. The van der Waals surface area contributed by atoms with Crippen molar-refractivity contribution < 1.29 is 0 Å². The Kier molecular flexibility index (Phi) is 5.28. The second-order valence-corrected chi connectivity index (χ2v) is 6.41. The molecule has 0 aliphatic heterocycles. The van der Waals surface area contributed by atoms with E-state index in [0.29, 0.717) is 0 Å². The van der Waals surface area contributed by atoms with E-state index in [0.717, 1.165) is 6.42 Å². The summed E-state index contributed by atoms with van der Waals surface area (Å²) in [7, 11) is 0. The van der Waals surface area contributed by atoms with Crippen LogP contribution in [0.4, 0.5) is 0 Å². The van der Waals surface area contributed by atoms with Crippen molar-refractivity contribution in [2.24, 2.45) is 0 Å². The molecule has 0 heteroatoms. The van der Waals surface area contributed by atoms with Gasteiger partial charge in [-0.2, -0.15) is 0 Å². The minimum atomic E-state index is 1.01. The van der Waals surface area contributed by atoms with E-state index in [2.05, 4.69) is 98.8 Å². The minimum absolute atomic E-state index is 1.01. The second kappa shape index (κ2) is 7.79. The molecule has 1 radical (unpaired) electrons. The molecule has 3 rings (SSSR count). The predicted molar refractivity (Wildman–Crippen MR) is 106 cm³/mol. The second-order valence-electron chi connectivity index (χ2n) is 6.41. The molecule has 0 heterocycles. The van der Waals surface area contributed by atoms with Gasteiger partial charge in [-0.05, 0) is 40.2 Å². The fourth-order valence-electron chi connectivity index (χ4n) is 2.86. The molecule has 0 saturated heterocycles. The number of hydrogen-bond acceptors (Lipinski definition) is 0. The number of hydrogen-bond donors (Lipinski definition) is 0. The van der Waals surface area contributed by atoms with Crippen molar-refractivity contribution in [2.75, 3.05) is 0 Å². The molecule has 0 spiro atoms. The lowest BCUT2D eigenvalue weighted by Crippen LogP contribution is -1.96. The zero-order chi connectivity index (χ0) is 16.8. The summed E-state index contributed by atoms with van der Waals surface area (Å²) in [5.74, 6) is 1.43. The van der Waals surface area contributed by atoms with Gasteiger partial charge in [-0.15, -0.1) is 0 Å². The van der Waals surface area contributed by atoms with Crippen molar-refractivity contribution in [3.05, 3.63) is 101 Å². The Morgan fingerprint density at radius 2 is 1.38 bits per heavy atom. The molecular formula is C24H23. The van der Waals surface area contributed by atoms with Crippen LogP contribution in [0.2, 0.25) is 0 Å². The van der Waals surface area contributed by atoms with Gasteiger partial charge in [0, 0.05) is 0 Å². The van der Waals surface area contributed by atoms with E-state index < -0.39 is 0 Å². The Labute approximate surface area is 145 Å². The lowest BCUT2D eigenvalue weighted by molar-refractivity contribution is 0.955. The zero-order valence-electron chi connectivity index (χ0n) is 14.4. The summed E-state index contributed by atoms with van der Waals surface area (Å²) in [5, 5.41) is 0. The van der Waals surface area contributed by atoms with Crippen LogP contribution in [0.5, 0.6) is 0 Å². The van der Waals surface area contributed by atoms with E-state index in [-0.39, 0.29) is 0 Å². The van der Waals surface area contributed by atoms with Crippen molar-refractivity contribution >= 4 is 12.2 Å². The molecule has 0 aliphatic rings. The van der Waals surface area contributed by atoms with Gasteiger partial charge in [0.15, 0.2) is 0 Å². The molecule has 0 aromatic heterocycles. The van der Waals surface area contributed by atoms with E-state index >= 15 is 0 Å². The Hall–Kier alpha value is -2.60. The summed E-state index contributed by atoms with van der Waals surface area (Å²) in [6.07, 6.45) is 5.42. The van der Waals surface area contributed by atoms with E-state index in [1.54, 1.807) is 0 Å². The number of rotatable bonds is 5. The monoisotopic (exact) mass is 311 g/mol. The van der Waals surface area contributed by atoms with Crippen molar-refractivity contribution in [3.63, 3.8) is 0 Å². The molecular weight excluding hydrogens is 288 g/mol. The fourth-order valence-corrected chi connectivity index (χ4v) is 2.86. The van der Waals surface area contributed by atoms with Crippen molar-refractivity contribution in [1.29, 1.82) is 0 Å². The maximum Gasteiger partial charge on any atom is -0.0181 e. The van der Waals surface area contributed by atoms with Gasteiger partial charge in [-0.25, -0.2) is 0 Å². The molecule has 0 amide bonds. The lowest BCUT2D eigenvalue weighted by Gasteiger charge is -2.12. The Morgan fingerprint density at radius 1 is 0.708 bits per heavy atom. The summed E-state index contributed by atoms with van der Waals surface area (Å²) < 4.78 is 0. The van der Waals surface area contributed by atoms with Crippen LogP contribution in [-0.4, -0.2) is 0 Å². The van der Waals surface area contributed by atoms with Crippen molar-refractivity contribution in [3.8, 4) is 11.1 Å². The van der Waals surface area contributed by atoms with Crippen LogP contribution in [0, 0.1) is 5.92 Å². The number of benzene rings is 3. The quantitative estimate of drug-likeness (QED) is 0.461. The first-order valence-electron chi connectivity index (χ1n) is 8.43. The van der Waals surface area contributed by atoms with Crippen LogP contribution in [0.25, 0.3) is 23.3 Å². The SMILES string of the molecule is C[C](C)Cc1cc(-c2ccccc2)ccc1C=Cc1ccccc1. The highest BCUT2D eigenvalue weighted by Gasteiger charge is 2.06. The Morgan fingerprint density at radius 3 is 2.04 bits per heavy atom. The highest BCUT2D eigenvalue weighted by atomic mass is 14.1. The first kappa shape index (κ1) is 16.3. The molecule has 0 fully saturated rings. The van der Waals surface area contributed by atoms with E-state index in [1.807, 2.05) is 6.07 Å². The van der Waals surface area contributed by atoms with Crippen molar-refractivity contribution in [2.45, 2.75) is 20.3 Å². The molecule has 0 saturated carbocycles. The van der Waals surface area contributed by atoms with Gasteiger partial charge in [-0.1, -0.05) is 105 Å². The Bertz CT molecular complexity index is 796. The van der Waals surface area contributed by atoms with Gasteiger partial charge in [0.05, 0.1) is 0 Å². The first-order valence-corrected chi connectivity index (χ1v) is 8.43. The van der Waals surface area contributed by atoms with Gasteiger partial charge in [-0.3, -0.25) is 0 Å². The average molecular weight is 311 g/mol. The summed E-state index contributed by atoms with van der Waals surface area (Å²) >= 11 is 0. The largest absolute Gasteiger partial charge is 0.0622 e. The maximum absolute atomic E-state index is 2.33. The predicted octanol–water partition coefficient (Wildman–Crippen LogP) is 6.68. The summed E-state index contributed by atoms with van der Waals surface area (Å²) in [6.45, 7) is 4.39. The molecule has 0 bridgehead atoms. The van der Waals surface area contributed by atoms with Crippen LogP contribution in [-0.2, 0) is 6.42 Å². The summed E-state index contributed by atoms with van der Waals surface area (Å²) in [6, 6.07) is 27.8. The van der Waals surface area contributed by atoms with Crippen molar-refractivity contribution in [1.82, 2.24) is 0 Å². The minimum Gasteiger partial charge on any atom is -0.0622 e. The molecule has 0 N–H and O–H groups in total. The van der Waals surface area contributed by atoms with Crippen LogP contribution in [0.3, 0.4) is 0 Å². The van der Waals surface area contributed by atoms with Gasteiger partial charge in [0.1, 0.15) is 0 Å². The van der Waals surface area contributed by atoms with Crippen LogP contribution >= 0.6 is 0 Å². The third-order valence-corrected chi connectivity index (χ3v) is 4.05. The van der Waals surface area contributed by atoms with E-state index in [9.17, 15) is 0 Å². The Balaban J connectivity index is 1.95. The molecule has 0 aliphatic carbocycles. The average Bonchev–Trinajstić information content (AvgIpc) is 2.62. The third kappa shape index (κ3) is 4.23. The zero-order valence-corrected chi connectivity index (χ0v) is 14.4. The standard InChI is InChI=1S/C24H23/c1-19(2)17-24-18-23(21-11-7-4-8-12-21)16-15-22(24)14-13-20-9-5-3-6-10-20/h3-16,18H,17H2,1-2H3. The summed E-state index contributed by atoms with van der Waals surface area (Å²) in [4.78, 5) is 0. The molecule has 0 atom stereocenters. The van der Waals surface area contributed by atoms with Gasteiger partial charge in [0.25, 0.3) is 0 Å². The normalized spacial score (nSPS) is 11.3. The lowest BCUT2D eigenvalue weighted by atomic mass is 9.93. The highest BCUT2D eigenvalue weighted by Crippen LogP contribution is 2.25. The van der Waals surface area contributed by atoms with Crippen LogP contribution in [0.15, 0.2) is 78.9 Å². The fraction of sp³-hybridized carbons (Fsp3) is 0.125. The summed E-state index contributed by atoms with van der Waals surface area (Å²) in [5.41, 5.74) is 6.45. The molecule has 0 nitrogen and oxygen atoms in total. The maximum atomic E-state index is 2.33. The van der Waals surface area contributed by atoms with Gasteiger partial charge >= 0.3 is 0 Å². The van der Waals surface area contributed by atoms with E-state index in [1.165, 1.54) is 33.7 Å². The molecule has 0 unspecified atom stereocenters. The molecule has 24 heavy (non-hydrogen) atoms. The van der Waals surface area contributed by atoms with Crippen LogP contribution in [0.1, 0.15) is 30.5 Å². The topological polar surface area (TPSA) is 0 Å². The van der Waals surface area contributed by atoms with Gasteiger partial charge < -0.3 is 0 Å². The van der Waals surface area contributed by atoms with Gasteiger partial charge in [0.2, 0.25) is 0 Å². The smallest absolute Gasteiger partial charge is 0.0181 e. The van der Waals surface area contributed by atoms with E-state index in [4.69, 9.17) is 0 Å².